The van der Waals surface area contributed by atoms with Crippen LogP contribution in [0, 0.1) is 0 Å². The van der Waals surface area contributed by atoms with E-state index in [0.29, 0.717) is 29.7 Å². The molecule has 3 aromatic rings. The molecule has 0 radical (unpaired) electrons. The first-order chi connectivity index (χ1) is 15.0. The van der Waals surface area contributed by atoms with Gasteiger partial charge in [0, 0.05) is 11.1 Å². The van der Waals surface area contributed by atoms with Crippen molar-refractivity contribution in [2.45, 2.75) is 33.3 Å². The van der Waals surface area contributed by atoms with Gasteiger partial charge in [0.25, 0.3) is 11.8 Å². The molecule has 1 N–H and O–H groups in total. The minimum Gasteiger partial charge on any atom is -0.494 e. The number of hydrogen-bond acceptors (Lipinski definition) is 7. The summed E-state index contributed by atoms with van der Waals surface area (Å²) in [6.45, 7) is 6.22. The van der Waals surface area contributed by atoms with Crippen molar-refractivity contribution < 1.29 is 23.6 Å². The van der Waals surface area contributed by atoms with Crippen LogP contribution in [0.2, 0.25) is 0 Å². The fraction of sp³-hybridized carbons (Fsp3) is 0.304. The molecule has 162 valence electrons. The molecule has 1 heterocycles. The second-order valence-electron chi connectivity index (χ2n) is 7.09. The number of ether oxygens (including phenoxy) is 2. The van der Waals surface area contributed by atoms with Gasteiger partial charge >= 0.3 is 5.97 Å². The van der Waals surface area contributed by atoms with E-state index in [0.717, 1.165) is 5.56 Å². The van der Waals surface area contributed by atoms with Crippen molar-refractivity contribution in [3.05, 3.63) is 65.5 Å². The molecule has 1 amide bonds. The first-order valence-corrected chi connectivity index (χ1v) is 10.1. The molecule has 0 aliphatic heterocycles. The lowest BCUT2D eigenvalue weighted by molar-refractivity contribution is -0.144. The van der Waals surface area contributed by atoms with E-state index in [1.165, 1.54) is 5.56 Å². The van der Waals surface area contributed by atoms with Crippen LogP contribution in [0.5, 0.6) is 5.75 Å². The largest absolute Gasteiger partial charge is 0.494 e. The highest BCUT2D eigenvalue weighted by Gasteiger charge is 2.13. The van der Waals surface area contributed by atoms with Crippen LogP contribution >= 0.6 is 0 Å². The summed E-state index contributed by atoms with van der Waals surface area (Å²) in [4.78, 5) is 28.3. The zero-order chi connectivity index (χ0) is 22.2. The number of aromatic nitrogens is 2. The SMILES string of the molecule is CCOc1ccc(C(=O)NCC(=O)OCc2nc(-c3ccc(C(C)C)cc3)no2)cc1. The number of rotatable bonds is 9. The van der Waals surface area contributed by atoms with Gasteiger partial charge in [0.1, 0.15) is 12.3 Å². The average molecular weight is 423 g/mol. The summed E-state index contributed by atoms with van der Waals surface area (Å²) < 4.78 is 15.6. The minimum absolute atomic E-state index is 0.172. The highest BCUT2D eigenvalue weighted by Crippen LogP contribution is 2.20. The van der Waals surface area contributed by atoms with Gasteiger partial charge in [0.05, 0.1) is 6.61 Å². The van der Waals surface area contributed by atoms with E-state index in [1.54, 1.807) is 24.3 Å². The number of benzene rings is 2. The Labute approximate surface area is 180 Å². The maximum absolute atomic E-state index is 12.1. The Morgan fingerprint density at radius 2 is 1.77 bits per heavy atom. The second kappa shape index (κ2) is 10.4. The number of amides is 1. The molecule has 0 bridgehead atoms. The van der Waals surface area contributed by atoms with Gasteiger partial charge in [0.2, 0.25) is 5.82 Å². The molecule has 8 heteroatoms. The zero-order valence-electron chi connectivity index (χ0n) is 17.8. The summed E-state index contributed by atoms with van der Waals surface area (Å²) in [5.41, 5.74) is 2.45. The van der Waals surface area contributed by atoms with E-state index in [2.05, 4.69) is 29.3 Å². The number of nitrogens with one attached hydrogen (secondary N) is 1. The first-order valence-electron chi connectivity index (χ1n) is 10.1. The van der Waals surface area contributed by atoms with Crippen molar-refractivity contribution in [3.63, 3.8) is 0 Å². The number of esters is 1. The van der Waals surface area contributed by atoms with Crippen LogP contribution in [0.25, 0.3) is 11.4 Å². The van der Waals surface area contributed by atoms with Crippen LogP contribution in [-0.4, -0.2) is 35.2 Å². The lowest BCUT2D eigenvalue weighted by Gasteiger charge is -2.06. The highest BCUT2D eigenvalue weighted by atomic mass is 16.6. The van der Waals surface area contributed by atoms with Crippen molar-refractivity contribution in [1.29, 1.82) is 0 Å². The smallest absolute Gasteiger partial charge is 0.325 e. The third kappa shape index (κ3) is 6.15. The quantitative estimate of drug-likeness (QED) is 0.523. The molecule has 0 atom stereocenters. The van der Waals surface area contributed by atoms with Crippen LogP contribution in [0.4, 0.5) is 0 Å². The molecule has 2 aromatic carbocycles. The van der Waals surface area contributed by atoms with Crippen molar-refractivity contribution in [2.24, 2.45) is 0 Å². The van der Waals surface area contributed by atoms with E-state index in [1.807, 2.05) is 31.2 Å². The molecule has 0 fully saturated rings. The molecule has 0 unspecified atom stereocenters. The fourth-order valence-corrected chi connectivity index (χ4v) is 2.76. The Morgan fingerprint density at radius 3 is 2.42 bits per heavy atom. The van der Waals surface area contributed by atoms with Gasteiger partial charge in [-0.3, -0.25) is 9.59 Å². The molecule has 0 saturated heterocycles. The molecule has 0 spiro atoms. The number of carbonyl (C=O) groups excluding carboxylic acids is 2. The third-order valence-corrected chi connectivity index (χ3v) is 4.48. The van der Waals surface area contributed by atoms with Crippen LogP contribution in [-0.2, 0) is 16.1 Å². The maximum Gasteiger partial charge on any atom is 0.325 e. The lowest BCUT2D eigenvalue weighted by Crippen LogP contribution is -2.30. The van der Waals surface area contributed by atoms with Crippen molar-refractivity contribution in [3.8, 4) is 17.1 Å². The van der Waals surface area contributed by atoms with Crippen molar-refractivity contribution in [1.82, 2.24) is 15.5 Å². The van der Waals surface area contributed by atoms with E-state index in [4.69, 9.17) is 14.0 Å². The van der Waals surface area contributed by atoms with Crippen molar-refractivity contribution in [2.75, 3.05) is 13.2 Å². The van der Waals surface area contributed by atoms with Gasteiger partial charge in [-0.25, -0.2) is 0 Å². The number of carbonyl (C=O) groups is 2. The van der Waals surface area contributed by atoms with Crippen molar-refractivity contribution >= 4 is 11.9 Å². The van der Waals surface area contributed by atoms with Gasteiger partial charge in [-0.05, 0) is 42.7 Å². The lowest BCUT2D eigenvalue weighted by atomic mass is 10.0. The van der Waals surface area contributed by atoms with Gasteiger partial charge in [-0.2, -0.15) is 4.98 Å². The summed E-state index contributed by atoms with van der Waals surface area (Å²) in [7, 11) is 0. The van der Waals surface area contributed by atoms with Gasteiger partial charge in [0.15, 0.2) is 6.61 Å². The van der Waals surface area contributed by atoms with E-state index in [9.17, 15) is 9.59 Å². The van der Waals surface area contributed by atoms with E-state index in [-0.39, 0.29) is 24.9 Å². The Morgan fingerprint density at radius 1 is 1.06 bits per heavy atom. The standard InChI is InChI=1S/C23H25N3O5/c1-4-29-19-11-9-18(10-12-19)23(28)24-13-21(27)30-14-20-25-22(26-31-20)17-7-5-16(6-8-17)15(2)3/h5-12,15H,4,13-14H2,1-3H3,(H,24,28). The van der Waals surface area contributed by atoms with Gasteiger partial charge in [-0.1, -0.05) is 43.3 Å². The Kier molecular flexibility index (Phi) is 7.37. The van der Waals surface area contributed by atoms with Gasteiger partial charge in [-0.15, -0.1) is 0 Å². The number of nitrogens with zero attached hydrogens (tertiary/aromatic N) is 2. The predicted octanol–water partition coefficient (Wildman–Crippen LogP) is 3.73. The zero-order valence-corrected chi connectivity index (χ0v) is 17.8. The Hall–Kier alpha value is -3.68. The molecule has 31 heavy (non-hydrogen) atoms. The molecular weight excluding hydrogens is 398 g/mol. The maximum atomic E-state index is 12.1. The summed E-state index contributed by atoms with van der Waals surface area (Å²) in [5, 5.41) is 6.43. The molecular formula is C23H25N3O5. The first kappa shape index (κ1) is 22.0. The van der Waals surface area contributed by atoms with Crippen LogP contribution in [0.3, 0.4) is 0 Å². The second-order valence-corrected chi connectivity index (χ2v) is 7.09. The Balaban J connectivity index is 1.46. The third-order valence-electron chi connectivity index (χ3n) is 4.48. The summed E-state index contributed by atoms with van der Waals surface area (Å²) in [6, 6.07) is 14.5. The van der Waals surface area contributed by atoms with E-state index >= 15 is 0 Å². The predicted molar refractivity (Wildman–Crippen MR) is 114 cm³/mol. The number of hydrogen-bond donors (Lipinski definition) is 1. The molecule has 3 rings (SSSR count). The molecule has 1 aromatic heterocycles. The summed E-state index contributed by atoms with van der Waals surface area (Å²) in [6.07, 6.45) is 0. The monoisotopic (exact) mass is 423 g/mol. The summed E-state index contributed by atoms with van der Waals surface area (Å²) >= 11 is 0. The fourth-order valence-electron chi connectivity index (χ4n) is 2.76. The van der Waals surface area contributed by atoms with E-state index < -0.39 is 5.97 Å². The van der Waals surface area contributed by atoms with Crippen LogP contribution in [0.15, 0.2) is 53.1 Å². The molecule has 0 saturated carbocycles. The minimum atomic E-state index is -0.611. The highest BCUT2D eigenvalue weighted by molar-refractivity contribution is 5.96. The summed E-state index contributed by atoms with van der Waals surface area (Å²) in [5.74, 6) is 0.710. The molecule has 8 nitrogen and oxygen atoms in total. The normalized spacial score (nSPS) is 10.7. The van der Waals surface area contributed by atoms with Gasteiger partial charge < -0.3 is 19.3 Å². The topological polar surface area (TPSA) is 104 Å². The molecule has 0 aliphatic carbocycles. The Bertz CT molecular complexity index is 1010. The van der Waals surface area contributed by atoms with Crippen LogP contribution < -0.4 is 10.1 Å². The molecule has 0 aliphatic rings. The van der Waals surface area contributed by atoms with Crippen LogP contribution in [0.1, 0.15) is 48.5 Å². The average Bonchev–Trinajstić information content (AvgIpc) is 3.26.